The molecule has 1 amide bonds. The minimum Gasteiger partial charge on any atom is -0.316 e. The molecule has 0 atom stereocenters. The summed E-state index contributed by atoms with van der Waals surface area (Å²) in [5.74, 6) is -0.204. The zero-order valence-electron chi connectivity index (χ0n) is 10.9. The fourth-order valence-corrected chi connectivity index (χ4v) is 2.12. The van der Waals surface area contributed by atoms with Gasteiger partial charge >= 0.3 is 0 Å². The van der Waals surface area contributed by atoms with Crippen LogP contribution in [0.5, 0.6) is 0 Å². The Bertz CT molecular complexity index is 688. The average Bonchev–Trinajstić information content (AvgIpc) is 2.47. The van der Waals surface area contributed by atoms with Gasteiger partial charge in [0.05, 0.1) is 18.6 Å². The lowest BCUT2D eigenvalue weighted by molar-refractivity contribution is -0.129. The summed E-state index contributed by atoms with van der Waals surface area (Å²) in [5.41, 5.74) is 0.911. The normalized spacial score (nSPS) is 9.70. The molecule has 0 N–H and O–H groups in total. The van der Waals surface area contributed by atoms with Crippen LogP contribution in [0.3, 0.4) is 0 Å². The average molecular weight is 263 g/mol. The van der Waals surface area contributed by atoms with Crippen LogP contribution < -0.4 is 0 Å². The van der Waals surface area contributed by atoms with Gasteiger partial charge < -0.3 is 4.90 Å². The maximum atomic E-state index is 12.2. The Kier molecular flexibility index (Phi) is 4.32. The van der Waals surface area contributed by atoms with Crippen LogP contribution in [0.1, 0.15) is 5.56 Å². The van der Waals surface area contributed by atoms with Crippen molar-refractivity contribution in [3.63, 3.8) is 0 Å². The lowest BCUT2D eigenvalue weighted by Crippen LogP contribution is -2.33. The minimum absolute atomic E-state index is 0.0584. The molecule has 0 fully saturated rings. The first-order chi connectivity index (χ1) is 9.76. The Balaban J connectivity index is 2.26. The number of hydrogen-bond donors (Lipinski definition) is 0. The van der Waals surface area contributed by atoms with Crippen LogP contribution in [0.25, 0.3) is 10.8 Å². The molecule has 2 aromatic carbocycles. The van der Waals surface area contributed by atoms with Crippen LogP contribution in [0.4, 0.5) is 0 Å². The second kappa shape index (κ2) is 6.36. The summed E-state index contributed by atoms with van der Waals surface area (Å²) in [6, 6.07) is 17.5. The summed E-state index contributed by atoms with van der Waals surface area (Å²) in [6.07, 6.45) is 0.199. The first-order valence-electron chi connectivity index (χ1n) is 6.24. The van der Waals surface area contributed by atoms with Gasteiger partial charge in [-0.25, -0.2) is 0 Å². The molecule has 2 rings (SSSR count). The molecule has 20 heavy (non-hydrogen) atoms. The van der Waals surface area contributed by atoms with Crippen LogP contribution in [-0.2, 0) is 11.2 Å². The summed E-state index contributed by atoms with van der Waals surface area (Å²) < 4.78 is 0. The number of nitrogens with zero attached hydrogens (tertiary/aromatic N) is 3. The van der Waals surface area contributed by atoms with E-state index >= 15 is 0 Å². The van der Waals surface area contributed by atoms with Crippen LogP contribution >= 0.6 is 0 Å². The van der Waals surface area contributed by atoms with E-state index in [4.69, 9.17) is 10.5 Å². The highest BCUT2D eigenvalue weighted by atomic mass is 16.2. The molecule has 98 valence electrons. The number of carbonyl (C=O) groups excluding carboxylic acids is 1. The second-order valence-electron chi connectivity index (χ2n) is 4.38. The van der Waals surface area contributed by atoms with E-state index in [9.17, 15) is 4.79 Å². The van der Waals surface area contributed by atoms with E-state index in [1.165, 1.54) is 4.90 Å². The third kappa shape index (κ3) is 2.93. The van der Waals surface area contributed by atoms with Gasteiger partial charge in [-0.1, -0.05) is 42.5 Å². The topological polar surface area (TPSA) is 67.9 Å². The first kappa shape index (κ1) is 13.6. The zero-order chi connectivity index (χ0) is 14.4. The number of amides is 1. The smallest absolute Gasteiger partial charge is 0.228 e. The summed E-state index contributed by atoms with van der Waals surface area (Å²) >= 11 is 0. The van der Waals surface area contributed by atoms with E-state index in [2.05, 4.69) is 0 Å². The molecular formula is C16H13N3O. The molecule has 0 radical (unpaired) electrons. The van der Waals surface area contributed by atoms with E-state index in [0.29, 0.717) is 0 Å². The highest BCUT2D eigenvalue weighted by Crippen LogP contribution is 2.19. The van der Waals surface area contributed by atoms with E-state index in [1.54, 1.807) is 0 Å². The zero-order valence-corrected chi connectivity index (χ0v) is 10.9. The molecule has 0 aliphatic rings. The first-order valence-corrected chi connectivity index (χ1v) is 6.24. The van der Waals surface area contributed by atoms with E-state index in [1.807, 2.05) is 54.6 Å². The maximum absolute atomic E-state index is 12.2. The van der Waals surface area contributed by atoms with Crippen LogP contribution in [0, 0.1) is 22.7 Å². The van der Waals surface area contributed by atoms with Crippen LogP contribution in [0.2, 0.25) is 0 Å². The monoisotopic (exact) mass is 263 g/mol. The van der Waals surface area contributed by atoms with Crippen LogP contribution in [0.15, 0.2) is 42.5 Å². The highest BCUT2D eigenvalue weighted by molar-refractivity contribution is 5.90. The van der Waals surface area contributed by atoms with Crippen molar-refractivity contribution in [3.05, 3.63) is 48.0 Å². The van der Waals surface area contributed by atoms with Gasteiger partial charge in [-0.05, 0) is 16.3 Å². The molecule has 0 aliphatic carbocycles. The predicted octanol–water partition coefficient (Wildman–Crippen LogP) is 2.26. The third-order valence-corrected chi connectivity index (χ3v) is 3.10. The van der Waals surface area contributed by atoms with E-state index in [-0.39, 0.29) is 25.4 Å². The molecule has 0 saturated carbocycles. The molecule has 0 unspecified atom stereocenters. The SMILES string of the molecule is N#CCN(CC#N)C(=O)Cc1cccc2ccccc12. The van der Waals surface area contributed by atoms with Gasteiger partial charge in [0.1, 0.15) is 13.1 Å². The summed E-state index contributed by atoms with van der Waals surface area (Å²) in [7, 11) is 0. The summed E-state index contributed by atoms with van der Waals surface area (Å²) in [4.78, 5) is 13.4. The van der Waals surface area contributed by atoms with E-state index < -0.39 is 0 Å². The Hall–Kier alpha value is -2.85. The summed E-state index contributed by atoms with van der Waals surface area (Å²) in [6.45, 7) is -0.117. The molecule has 0 heterocycles. The quantitative estimate of drug-likeness (QED) is 0.794. The fourth-order valence-electron chi connectivity index (χ4n) is 2.12. The maximum Gasteiger partial charge on any atom is 0.228 e. The number of benzene rings is 2. The van der Waals surface area contributed by atoms with E-state index in [0.717, 1.165) is 16.3 Å². The molecule has 0 aliphatic heterocycles. The van der Waals surface area contributed by atoms with Crippen LogP contribution in [-0.4, -0.2) is 23.9 Å². The molecule has 4 nitrogen and oxygen atoms in total. The largest absolute Gasteiger partial charge is 0.316 e. The Morgan fingerprint density at radius 2 is 1.65 bits per heavy atom. The lowest BCUT2D eigenvalue weighted by Gasteiger charge is -2.16. The van der Waals surface area contributed by atoms with Crippen molar-refractivity contribution in [1.82, 2.24) is 4.90 Å². The van der Waals surface area contributed by atoms with Crippen molar-refractivity contribution in [3.8, 4) is 12.1 Å². The Labute approximate surface area is 117 Å². The predicted molar refractivity (Wildman–Crippen MR) is 75.5 cm³/mol. The van der Waals surface area contributed by atoms with Crippen molar-refractivity contribution in [1.29, 1.82) is 10.5 Å². The molecular weight excluding hydrogens is 250 g/mol. The molecule has 0 spiro atoms. The van der Waals surface area contributed by atoms with Gasteiger partial charge in [-0.15, -0.1) is 0 Å². The lowest BCUT2D eigenvalue weighted by atomic mass is 10.0. The molecule has 2 aromatic rings. The van der Waals surface area contributed by atoms with Gasteiger partial charge in [0.15, 0.2) is 0 Å². The van der Waals surface area contributed by atoms with Crippen molar-refractivity contribution in [2.24, 2.45) is 0 Å². The summed E-state index contributed by atoms with van der Waals surface area (Å²) in [5, 5.41) is 19.5. The van der Waals surface area contributed by atoms with Crippen molar-refractivity contribution < 1.29 is 4.79 Å². The number of rotatable bonds is 4. The van der Waals surface area contributed by atoms with Crippen molar-refractivity contribution in [2.45, 2.75) is 6.42 Å². The van der Waals surface area contributed by atoms with Crippen molar-refractivity contribution in [2.75, 3.05) is 13.1 Å². The Morgan fingerprint density at radius 3 is 2.35 bits per heavy atom. The highest BCUT2D eigenvalue weighted by Gasteiger charge is 2.14. The fraction of sp³-hybridized carbons (Fsp3) is 0.188. The van der Waals surface area contributed by atoms with Gasteiger partial charge in [0.2, 0.25) is 5.91 Å². The number of hydrogen-bond acceptors (Lipinski definition) is 3. The number of nitriles is 2. The minimum atomic E-state index is -0.204. The number of carbonyl (C=O) groups is 1. The Morgan fingerprint density at radius 1 is 1.00 bits per heavy atom. The molecule has 4 heteroatoms. The van der Waals surface area contributed by atoms with Gasteiger partial charge in [0, 0.05) is 0 Å². The third-order valence-electron chi connectivity index (χ3n) is 3.10. The standard InChI is InChI=1S/C16H13N3O/c17-8-10-19(11-9-18)16(20)12-14-6-3-5-13-4-1-2-7-15(13)14/h1-7H,10-12H2. The van der Waals surface area contributed by atoms with Gasteiger partial charge in [-0.3, -0.25) is 4.79 Å². The van der Waals surface area contributed by atoms with Crippen molar-refractivity contribution >= 4 is 16.7 Å². The van der Waals surface area contributed by atoms with Gasteiger partial charge in [-0.2, -0.15) is 10.5 Å². The molecule has 0 saturated heterocycles. The van der Waals surface area contributed by atoms with Gasteiger partial charge in [0.25, 0.3) is 0 Å². The molecule has 0 bridgehead atoms. The molecule has 0 aromatic heterocycles. The second-order valence-corrected chi connectivity index (χ2v) is 4.38. The number of fused-ring (bicyclic) bond motifs is 1.